The minimum Gasteiger partial charge on any atom is -0.489 e. The van der Waals surface area contributed by atoms with Crippen LogP contribution in [0.4, 0.5) is 5.00 Å². The molecular formula is C12H8N4O4S2. The summed E-state index contributed by atoms with van der Waals surface area (Å²) in [4.78, 5) is 22.6. The Balaban J connectivity index is 1.48. The summed E-state index contributed by atoms with van der Waals surface area (Å²) in [6.07, 6.45) is 5.14. The normalized spacial score (nSPS) is 22.3. The van der Waals surface area contributed by atoms with Crippen molar-refractivity contribution < 1.29 is 14.4 Å². The average Bonchev–Trinajstić information content (AvgIpc) is 3.13. The Morgan fingerprint density at radius 2 is 2.41 bits per heavy atom. The second kappa shape index (κ2) is 5.21. The smallest absolute Gasteiger partial charge is 0.344 e. The standard InChI is InChI=1S/C12H8N4O4S2/c17-16(18)10-3-13-12(21-10)22-11-4-19-8-1-6-7(15-5-14-6)2-9(8)20-11/h2-3,5,11H,1,4H2. The summed E-state index contributed by atoms with van der Waals surface area (Å²) in [5.74, 6) is 1.39. The van der Waals surface area contributed by atoms with Crippen LogP contribution in [-0.2, 0) is 9.47 Å². The fourth-order valence-corrected chi connectivity index (χ4v) is 3.99. The van der Waals surface area contributed by atoms with E-state index in [1.54, 1.807) is 6.08 Å². The van der Waals surface area contributed by atoms with Gasteiger partial charge in [0, 0.05) is 6.08 Å². The zero-order valence-electron chi connectivity index (χ0n) is 11.0. The molecule has 3 aliphatic rings. The van der Waals surface area contributed by atoms with Crippen molar-refractivity contribution in [3.63, 3.8) is 0 Å². The largest absolute Gasteiger partial charge is 0.489 e. The van der Waals surface area contributed by atoms with E-state index in [0.29, 0.717) is 23.1 Å². The van der Waals surface area contributed by atoms with Crippen molar-refractivity contribution in [1.29, 1.82) is 0 Å². The molecule has 0 radical (unpaired) electrons. The van der Waals surface area contributed by atoms with Gasteiger partial charge in [0.15, 0.2) is 15.5 Å². The van der Waals surface area contributed by atoms with E-state index in [9.17, 15) is 10.1 Å². The molecule has 0 N–H and O–H groups in total. The van der Waals surface area contributed by atoms with Crippen LogP contribution in [0.3, 0.4) is 0 Å². The third-order valence-electron chi connectivity index (χ3n) is 3.11. The number of aliphatic imine (C=N–C) groups is 2. The van der Waals surface area contributed by atoms with Gasteiger partial charge in [-0.15, -0.1) is 0 Å². The Labute approximate surface area is 132 Å². The molecule has 4 rings (SSSR count). The topological polar surface area (TPSA) is 99.2 Å². The third-order valence-corrected chi connectivity index (χ3v) is 5.20. The number of hydrogen-bond donors (Lipinski definition) is 0. The molecule has 1 aromatic rings. The summed E-state index contributed by atoms with van der Waals surface area (Å²) in [7, 11) is 0. The summed E-state index contributed by atoms with van der Waals surface area (Å²) in [6.45, 7) is 0.355. The molecule has 8 nitrogen and oxygen atoms in total. The van der Waals surface area contributed by atoms with Gasteiger partial charge in [-0.3, -0.25) is 10.1 Å². The Morgan fingerprint density at radius 3 is 3.23 bits per heavy atom. The van der Waals surface area contributed by atoms with Gasteiger partial charge in [-0.05, 0) is 23.1 Å². The fraction of sp³-hybridized carbons (Fsp3) is 0.250. The highest BCUT2D eigenvalue weighted by Crippen LogP contribution is 2.37. The zero-order chi connectivity index (χ0) is 15.1. The molecule has 0 spiro atoms. The lowest BCUT2D eigenvalue weighted by molar-refractivity contribution is -0.380. The number of nitro groups is 1. The van der Waals surface area contributed by atoms with E-state index in [1.165, 1.54) is 24.3 Å². The van der Waals surface area contributed by atoms with Gasteiger partial charge in [0.05, 0.1) is 22.8 Å². The van der Waals surface area contributed by atoms with E-state index in [0.717, 1.165) is 28.5 Å². The molecule has 2 aliphatic heterocycles. The molecule has 3 heterocycles. The Kier molecular flexibility index (Phi) is 3.19. The zero-order valence-corrected chi connectivity index (χ0v) is 12.6. The Morgan fingerprint density at radius 1 is 1.50 bits per heavy atom. The van der Waals surface area contributed by atoms with E-state index in [-0.39, 0.29) is 10.4 Å². The van der Waals surface area contributed by atoms with Crippen LogP contribution in [0.15, 0.2) is 43.8 Å². The lowest BCUT2D eigenvalue weighted by Gasteiger charge is -2.28. The number of rotatable bonds is 3. The van der Waals surface area contributed by atoms with Gasteiger partial charge in [-0.1, -0.05) is 0 Å². The van der Waals surface area contributed by atoms with Crippen molar-refractivity contribution in [3.8, 4) is 0 Å². The summed E-state index contributed by atoms with van der Waals surface area (Å²) in [5, 5.41) is 10.7. The monoisotopic (exact) mass is 336 g/mol. The van der Waals surface area contributed by atoms with Gasteiger partial charge >= 0.3 is 5.00 Å². The first-order chi connectivity index (χ1) is 10.7. The van der Waals surface area contributed by atoms with Crippen LogP contribution in [-0.4, -0.2) is 34.0 Å². The summed E-state index contributed by atoms with van der Waals surface area (Å²) in [6, 6.07) is 0. The van der Waals surface area contributed by atoms with Gasteiger partial charge in [0.2, 0.25) is 0 Å². The molecule has 1 aliphatic carbocycles. The predicted molar refractivity (Wildman–Crippen MR) is 81.1 cm³/mol. The third kappa shape index (κ3) is 2.40. The molecule has 0 amide bonds. The summed E-state index contributed by atoms with van der Waals surface area (Å²) < 4.78 is 12.2. The molecule has 10 heteroatoms. The lowest BCUT2D eigenvalue weighted by Crippen LogP contribution is -2.25. The number of fused-ring (bicyclic) bond motifs is 1. The van der Waals surface area contributed by atoms with Crippen molar-refractivity contribution in [2.45, 2.75) is 16.2 Å². The van der Waals surface area contributed by atoms with E-state index in [4.69, 9.17) is 9.47 Å². The second-order valence-corrected chi connectivity index (χ2v) is 6.93. The number of allylic oxidation sites excluding steroid dienone is 3. The number of ether oxygens (including phenoxy) is 2. The SMILES string of the molecule is O=[N+]([O-])c1cnc(SC2COC3=C(C=C4N=CN=C4C3)O2)s1. The second-order valence-electron chi connectivity index (χ2n) is 4.51. The van der Waals surface area contributed by atoms with Gasteiger partial charge < -0.3 is 9.47 Å². The molecule has 1 unspecified atom stereocenters. The number of nitrogens with zero attached hydrogens (tertiary/aromatic N) is 4. The Hall–Kier alpha value is -2.20. The molecule has 0 aromatic carbocycles. The van der Waals surface area contributed by atoms with Crippen LogP contribution in [0, 0.1) is 10.1 Å². The first-order valence-corrected chi connectivity index (χ1v) is 7.99. The number of thioether (sulfide) groups is 1. The highest BCUT2D eigenvalue weighted by Gasteiger charge is 2.30. The highest BCUT2D eigenvalue weighted by molar-refractivity contribution is 8.01. The molecule has 0 saturated carbocycles. The number of aromatic nitrogens is 1. The maximum Gasteiger partial charge on any atom is 0.344 e. The van der Waals surface area contributed by atoms with Crippen molar-refractivity contribution in [1.82, 2.24) is 4.98 Å². The van der Waals surface area contributed by atoms with Crippen molar-refractivity contribution in [2.75, 3.05) is 6.61 Å². The van der Waals surface area contributed by atoms with Crippen molar-refractivity contribution in [2.24, 2.45) is 9.98 Å². The first-order valence-electron chi connectivity index (χ1n) is 6.30. The van der Waals surface area contributed by atoms with Crippen LogP contribution < -0.4 is 0 Å². The van der Waals surface area contributed by atoms with Gasteiger partial charge in [-0.25, -0.2) is 15.0 Å². The number of hydrogen-bond acceptors (Lipinski definition) is 9. The molecule has 1 atom stereocenters. The molecular weight excluding hydrogens is 328 g/mol. The molecule has 1 aromatic heterocycles. The quantitative estimate of drug-likeness (QED) is 0.621. The Bertz CT molecular complexity index is 780. The minimum atomic E-state index is -0.453. The molecule has 0 fully saturated rings. The van der Waals surface area contributed by atoms with E-state index >= 15 is 0 Å². The predicted octanol–water partition coefficient (Wildman–Crippen LogP) is 2.50. The number of thiazole rings is 1. The molecule has 22 heavy (non-hydrogen) atoms. The molecule has 112 valence electrons. The van der Waals surface area contributed by atoms with Gasteiger partial charge in [-0.2, -0.15) is 0 Å². The van der Waals surface area contributed by atoms with Gasteiger partial charge in [0.1, 0.15) is 24.9 Å². The fourth-order valence-electron chi connectivity index (χ4n) is 2.13. The van der Waals surface area contributed by atoms with E-state index < -0.39 is 4.92 Å². The van der Waals surface area contributed by atoms with Crippen molar-refractivity contribution in [3.05, 3.63) is 39.6 Å². The summed E-state index contributed by atoms with van der Waals surface area (Å²) >= 11 is 2.33. The van der Waals surface area contributed by atoms with Crippen LogP contribution in [0.25, 0.3) is 0 Å². The van der Waals surface area contributed by atoms with Crippen LogP contribution in [0.2, 0.25) is 0 Å². The summed E-state index contributed by atoms with van der Waals surface area (Å²) in [5.41, 5.74) is 1.37. The molecule has 0 bridgehead atoms. The van der Waals surface area contributed by atoms with Gasteiger partial charge in [0.25, 0.3) is 0 Å². The average molecular weight is 336 g/mol. The van der Waals surface area contributed by atoms with Crippen LogP contribution in [0.5, 0.6) is 0 Å². The van der Waals surface area contributed by atoms with Crippen LogP contribution in [0.1, 0.15) is 6.42 Å². The first kappa shape index (κ1) is 13.5. The van der Waals surface area contributed by atoms with Crippen molar-refractivity contribution >= 4 is 40.1 Å². The van der Waals surface area contributed by atoms with E-state index in [1.807, 2.05) is 0 Å². The maximum absolute atomic E-state index is 10.7. The lowest BCUT2D eigenvalue weighted by atomic mass is 10.1. The maximum atomic E-state index is 10.7. The molecule has 0 saturated heterocycles. The van der Waals surface area contributed by atoms with Crippen LogP contribution >= 0.6 is 23.1 Å². The minimum absolute atomic E-state index is 0.0139. The van der Waals surface area contributed by atoms with E-state index in [2.05, 4.69) is 15.0 Å². The highest BCUT2D eigenvalue weighted by atomic mass is 32.2.